The number of carbonyl (C=O) groups excluding carboxylic acids is 1. The van der Waals surface area contributed by atoms with E-state index in [0.29, 0.717) is 23.4 Å². The van der Waals surface area contributed by atoms with Crippen LogP contribution in [0.1, 0.15) is 18.3 Å². The van der Waals surface area contributed by atoms with Crippen molar-refractivity contribution in [3.05, 3.63) is 12.2 Å². The number of rotatable bonds is 1. The maximum atomic E-state index is 12.1. The zero-order chi connectivity index (χ0) is 18.4. The largest absolute Gasteiger partial charge is 0.515 e. The summed E-state index contributed by atoms with van der Waals surface area (Å²) in [5.74, 6) is 0.521. The molecule has 2 unspecified atom stereocenters. The molecule has 0 aromatic carbocycles. The van der Waals surface area contributed by atoms with E-state index in [1.165, 1.54) is 6.33 Å². The standard InChI is InChI=1S/C14H16N5O6P/c1-5-17-11(15)7-12(18-5)19(4-16-7)8-6-2-14(6)3-26(22,23)25-13(21)24-10(14)9(8)20/h4,6,8-10,20H,2-3H2,1H3,(H,22,23)(H2,15,17,18)/t6-,8-,9+,10+,14?/m1/s1. The maximum Gasteiger partial charge on any atom is 0.515 e. The predicted molar refractivity (Wildman–Crippen MR) is 86.1 cm³/mol. The van der Waals surface area contributed by atoms with Gasteiger partial charge in [0.15, 0.2) is 11.5 Å². The number of imidazole rings is 1. The topological polar surface area (TPSA) is 163 Å². The van der Waals surface area contributed by atoms with Crippen molar-refractivity contribution >= 4 is 30.7 Å². The van der Waals surface area contributed by atoms with E-state index >= 15 is 0 Å². The molecule has 3 fully saturated rings. The summed E-state index contributed by atoms with van der Waals surface area (Å²) >= 11 is 0. The fourth-order valence-corrected chi connectivity index (χ4v) is 6.26. The summed E-state index contributed by atoms with van der Waals surface area (Å²) in [5.41, 5.74) is 5.99. The summed E-state index contributed by atoms with van der Waals surface area (Å²) in [6.45, 7) is 1.70. The highest BCUT2D eigenvalue weighted by Crippen LogP contribution is 2.73. The molecule has 12 heteroatoms. The van der Waals surface area contributed by atoms with Crippen LogP contribution >= 0.6 is 7.60 Å². The third-order valence-electron chi connectivity index (χ3n) is 5.63. The van der Waals surface area contributed by atoms with Crippen molar-refractivity contribution in [1.29, 1.82) is 0 Å². The van der Waals surface area contributed by atoms with Gasteiger partial charge in [-0.2, -0.15) is 0 Å². The quantitative estimate of drug-likeness (QED) is 0.464. The number of aliphatic hydroxyl groups excluding tert-OH is 1. The Bertz CT molecular complexity index is 1010. The number of anilines is 1. The number of aromatic nitrogens is 4. The molecule has 1 saturated heterocycles. The van der Waals surface area contributed by atoms with Crippen molar-refractivity contribution in [3.8, 4) is 0 Å². The molecule has 1 spiro atoms. The highest BCUT2D eigenvalue weighted by atomic mass is 31.2. The Morgan fingerprint density at radius 2 is 2.23 bits per heavy atom. The number of nitrogens with zero attached hydrogens (tertiary/aromatic N) is 4. The van der Waals surface area contributed by atoms with Crippen molar-refractivity contribution in [2.75, 3.05) is 11.9 Å². The minimum absolute atomic E-state index is 0.175. The SMILES string of the molecule is Cc1nc(N)c2ncn([C@H]3[C@H](O)[C@@H]4OC(=O)OP(=O)(O)CC45C[C@H]35)c2n1. The Kier molecular flexibility index (Phi) is 2.91. The molecule has 2 aromatic heterocycles. The number of nitrogen functional groups attached to an aromatic ring is 1. The highest BCUT2D eigenvalue weighted by molar-refractivity contribution is 7.53. The maximum absolute atomic E-state index is 12.1. The molecule has 2 saturated carbocycles. The summed E-state index contributed by atoms with van der Waals surface area (Å²) in [7, 11) is -4.13. The van der Waals surface area contributed by atoms with E-state index in [4.69, 9.17) is 10.5 Å². The average Bonchev–Trinajstić information content (AvgIpc) is 2.99. The monoisotopic (exact) mass is 381 g/mol. The highest BCUT2D eigenvalue weighted by Gasteiger charge is 2.76. The molecule has 5 rings (SSSR count). The second-order valence-corrected chi connectivity index (χ2v) is 8.95. The summed E-state index contributed by atoms with van der Waals surface area (Å²) in [6.07, 6.45) is -1.45. The summed E-state index contributed by atoms with van der Waals surface area (Å²) < 4.78 is 23.5. The van der Waals surface area contributed by atoms with Gasteiger partial charge >= 0.3 is 13.8 Å². The van der Waals surface area contributed by atoms with Crippen LogP contribution in [0.25, 0.3) is 11.2 Å². The Labute approximate surface area is 146 Å². The molecule has 2 aromatic rings. The van der Waals surface area contributed by atoms with Crippen molar-refractivity contribution in [2.24, 2.45) is 11.3 Å². The normalized spacial score (nSPS) is 41.1. The number of aryl methyl sites for hydroxylation is 1. The molecule has 138 valence electrons. The fourth-order valence-electron chi connectivity index (χ4n) is 4.63. The number of carbonyl (C=O) groups is 1. The average molecular weight is 381 g/mol. The van der Waals surface area contributed by atoms with Crippen LogP contribution in [-0.4, -0.2) is 54.0 Å². The van der Waals surface area contributed by atoms with Crippen LogP contribution in [0.2, 0.25) is 0 Å². The summed E-state index contributed by atoms with van der Waals surface area (Å²) in [6, 6.07) is -0.510. The van der Waals surface area contributed by atoms with Crippen molar-refractivity contribution < 1.29 is 28.6 Å². The second kappa shape index (κ2) is 4.73. The van der Waals surface area contributed by atoms with Gasteiger partial charge in [0, 0.05) is 5.41 Å². The van der Waals surface area contributed by atoms with E-state index in [1.54, 1.807) is 11.5 Å². The van der Waals surface area contributed by atoms with Gasteiger partial charge in [0.05, 0.1) is 18.5 Å². The molecule has 6 atom stereocenters. The van der Waals surface area contributed by atoms with E-state index in [0.717, 1.165) is 0 Å². The number of hydrogen-bond donors (Lipinski definition) is 3. The lowest BCUT2D eigenvalue weighted by Crippen LogP contribution is -2.37. The Morgan fingerprint density at radius 1 is 1.46 bits per heavy atom. The predicted octanol–water partition coefficient (Wildman–Crippen LogP) is 0.360. The lowest BCUT2D eigenvalue weighted by molar-refractivity contribution is -0.0343. The molecule has 0 amide bonds. The van der Waals surface area contributed by atoms with Crippen LogP contribution in [0.5, 0.6) is 0 Å². The molecular formula is C14H16N5O6P. The van der Waals surface area contributed by atoms with E-state index in [-0.39, 0.29) is 17.9 Å². The smallest absolute Gasteiger partial charge is 0.427 e. The number of hydrogen-bond acceptors (Lipinski definition) is 9. The van der Waals surface area contributed by atoms with Gasteiger partial charge in [-0.25, -0.2) is 24.3 Å². The molecule has 11 nitrogen and oxygen atoms in total. The zero-order valence-corrected chi connectivity index (χ0v) is 14.5. The molecular weight excluding hydrogens is 365 g/mol. The number of nitrogens with two attached hydrogens (primary N) is 1. The minimum atomic E-state index is -4.13. The molecule has 3 aliphatic rings. The molecule has 0 bridgehead atoms. The minimum Gasteiger partial charge on any atom is -0.427 e. The van der Waals surface area contributed by atoms with Crippen molar-refractivity contribution in [1.82, 2.24) is 19.5 Å². The van der Waals surface area contributed by atoms with Gasteiger partial charge in [-0.1, -0.05) is 0 Å². The first kappa shape index (κ1) is 16.0. The van der Waals surface area contributed by atoms with Gasteiger partial charge in [-0.3, -0.25) is 0 Å². The first-order chi connectivity index (χ1) is 12.2. The first-order valence-electron chi connectivity index (χ1n) is 8.09. The lowest BCUT2D eigenvalue weighted by Gasteiger charge is -2.25. The molecule has 3 heterocycles. The van der Waals surface area contributed by atoms with Gasteiger partial charge in [0.1, 0.15) is 23.5 Å². The molecule has 1 aliphatic heterocycles. The lowest BCUT2D eigenvalue weighted by atomic mass is 10.0. The van der Waals surface area contributed by atoms with Gasteiger partial charge in [0.2, 0.25) is 0 Å². The third kappa shape index (κ3) is 1.99. The molecule has 2 aliphatic carbocycles. The molecule has 4 N–H and O–H groups in total. The van der Waals surface area contributed by atoms with E-state index < -0.39 is 37.4 Å². The summed E-state index contributed by atoms with van der Waals surface area (Å²) in [5, 5.41) is 10.8. The Hall–Kier alpha value is -2.23. The van der Waals surface area contributed by atoms with Gasteiger partial charge in [0.25, 0.3) is 0 Å². The van der Waals surface area contributed by atoms with Crippen LogP contribution in [0, 0.1) is 18.3 Å². The molecule has 26 heavy (non-hydrogen) atoms. The van der Waals surface area contributed by atoms with E-state index in [1.807, 2.05) is 0 Å². The number of aliphatic hydroxyl groups is 1. The van der Waals surface area contributed by atoms with Crippen LogP contribution in [0.15, 0.2) is 6.33 Å². The van der Waals surface area contributed by atoms with Crippen LogP contribution in [-0.2, 0) is 13.8 Å². The second-order valence-electron chi connectivity index (χ2n) is 7.18. The fraction of sp³-hybridized carbons (Fsp3) is 0.571. The third-order valence-corrected chi connectivity index (χ3v) is 7.06. The van der Waals surface area contributed by atoms with Crippen molar-refractivity contribution in [2.45, 2.75) is 31.6 Å². The molecule has 0 radical (unpaired) electrons. The van der Waals surface area contributed by atoms with Gasteiger partial charge < -0.3 is 29.6 Å². The number of ether oxygens (including phenoxy) is 1. The Balaban J connectivity index is 1.61. The Morgan fingerprint density at radius 3 is 3.00 bits per heavy atom. The van der Waals surface area contributed by atoms with Crippen LogP contribution in [0.4, 0.5) is 10.6 Å². The first-order valence-corrected chi connectivity index (χ1v) is 9.85. The van der Waals surface area contributed by atoms with Gasteiger partial charge in [-0.05, 0) is 19.3 Å². The van der Waals surface area contributed by atoms with E-state index in [2.05, 4.69) is 19.5 Å². The van der Waals surface area contributed by atoms with Crippen molar-refractivity contribution in [3.63, 3.8) is 0 Å². The zero-order valence-electron chi connectivity index (χ0n) is 13.6. The summed E-state index contributed by atoms with van der Waals surface area (Å²) in [4.78, 5) is 34.3. The van der Waals surface area contributed by atoms with Crippen LogP contribution in [0.3, 0.4) is 0 Å². The van der Waals surface area contributed by atoms with E-state index in [9.17, 15) is 19.4 Å². The number of fused-ring (bicyclic) bond motifs is 1. The van der Waals surface area contributed by atoms with Gasteiger partial charge in [-0.15, -0.1) is 0 Å². The van der Waals surface area contributed by atoms with Crippen LogP contribution < -0.4 is 5.73 Å².